The molecule has 0 unspecified atom stereocenters. The van der Waals surface area contributed by atoms with Crippen LogP contribution in [0.2, 0.25) is 0 Å². The van der Waals surface area contributed by atoms with Gasteiger partial charge in [0.2, 0.25) is 5.95 Å². The fourth-order valence-electron chi connectivity index (χ4n) is 4.64. The molecule has 0 amide bonds. The standard InChI is InChI=1S/C24H33FN8O2/c1-4-15(2)33-18-11-21(27-12-17(18)22(30-33)31-9-6-16(34)13-31)28-20-5-8-26-23(29-20)32-10-7-24(3,35)19(25)14-32/h5,8,11-12,15-16,19,34-35H,4,6-7,9-10,13-14H2,1-3H3,(H,26,27,28,29)/t15-,16+,19+,24-/m0/s1. The zero-order valence-corrected chi connectivity index (χ0v) is 20.4. The van der Waals surface area contributed by atoms with Crippen molar-refractivity contribution in [3.63, 3.8) is 0 Å². The lowest BCUT2D eigenvalue weighted by Crippen LogP contribution is -2.52. The third kappa shape index (κ3) is 4.62. The second-order valence-electron chi connectivity index (χ2n) is 9.89. The number of aromatic nitrogens is 5. The van der Waals surface area contributed by atoms with Crippen molar-refractivity contribution < 1.29 is 14.6 Å². The van der Waals surface area contributed by atoms with Crippen molar-refractivity contribution >= 4 is 34.3 Å². The van der Waals surface area contributed by atoms with Crippen LogP contribution in [0, 0.1) is 0 Å². The van der Waals surface area contributed by atoms with Gasteiger partial charge in [0.25, 0.3) is 0 Å². The third-order valence-electron chi connectivity index (χ3n) is 7.17. The molecule has 0 spiro atoms. The van der Waals surface area contributed by atoms with Gasteiger partial charge < -0.3 is 25.3 Å². The highest BCUT2D eigenvalue weighted by Gasteiger charge is 2.38. The largest absolute Gasteiger partial charge is 0.391 e. The van der Waals surface area contributed by atoms with Crippen LogP contribution < -0.4 is 15.1 Å². The maximum atomic E-state index is 14.4. The first kappa shape index (κ1) is 23.7. The molecular formula is C24H33FN8O2. The number of anilines is 4. The molecule has 2 fully saturated rings. The van der Waals surface area contributed by atoms with Crippen molar-refractivity contribution in [3.05, 3.63) is 24.5 Å². The predicted molar refractivity (Wildman–Crippen MR) is 133 cm³/mol. The van der Waals surface area contributed by atoms with Gasteiger partial charge in [-0.25, -0.2) is 14.4 Å². The Labute approximate surface area is 203 Å². The molecule has 2 aliphatic heterocycles. The fourth-order valence-corrected chi connectivity index (χ4v) is 4.64. The summed E-state index contributed by atoms with van der Waals surface area (Å²) in [5, 5.41) is 29.2. The number of β-amino-alcohol motifs (C(OH)–C–C–N with tert-alkyl or cyclic N) is 1. The minimum atomic E-state index is -1.37. The SMILES string of the molecule is CC[C@H](C)n1nc(N2CC[C@@H](O)C2)c2cnc(Nc3ccnc(N4CC[C@](C)(O)[C@H](F)C4)n3)cc21. The summed E-state index contributed by atoms with van der Waals surface area (Å²) in [6.07, 6.45) is 3.71. The van der Waals surface area contributed by atoms with Crippen LogP contribution in [0.15, 0.2) is 24.5 Å². The minimum Gasteiger partial charge on any atom is -0.391 e. The van der Waals surface area contributed by atoms with Gasteiger partial charge in [0.1, 0.15) is 17.8 Å². The summed E-state index contributed by atoms with van der Waals surface area (Å²) in [5.41, 5.74) is -0.364. The molecule has 3 aromatic rings. The van der Waals surface area contributed by atoms with Gasteiger partial charge in [0.15, 0.2) is 5.82 Å². The van der Waals surface area contributed by atoms with Crippen LogP contribution >= 0.6 is 0 Å². The van der Waals surface area contributed by atoms with E-state index in [1.807, 2.05) is 16.9 Å². The first-order valence-corrected chi connectivity index (χ1v) is 12.3. The van der Waals surface area contributed by atoms with Crippen molar-refractivity contribution in [2.75, 3.05) is 41.3 Å². The molecule has 0 aromatic carbocycles. The summed E-state index contributed by atoms with van der Waals surface area (Å²) in [6, 6.07) is 3.90. The topological polar surface area (TPSA) is 115 Å². The maximum Gasteiger partial charge on any atom is 0.227 e. The number of aliphatic hydroxyl groups excluding tert-OH is 1. The molecule has 2 aliphatic rings. The van der Waals surface area contributed by atoms with E-state index in [0.29, 0.717) is 37.1 Å². The van der Waals surface area contributed by atoms with E-state index >= 15 is 0 Å². The molecule has 5 rings (SSSR count). The zero-order valence-electron chi connectivity index (χ0n) is 20.4. The number of rotatable bonds is 6. The Morgan fingerprint density at radius 1 is 1.23 bits per heavy atom. The fraction of sp³-hybridized carbons (Fsp3) is 0.583. The highest BCUT2D eigenvalue weighted by atomic mass is 19.1. The number of hydrogen-bond acceptors (Lipinski definition) is 9. The van der Waals surface area contributed by atoms with Crippen LogP contribution in [-0.4, -0.2) is 79.0 Å². The molecule has 2 saturated heterocycles. The van der Waals surface area contributed by atoms with Gasteiger partial charge in [0, 0.05) is 44.1 Å². The molecule has 3 N–H and O–H groups in total. The van der Waals surface area contributed by atoms with Crippen LogP contribution in [0.3, 0.4) is 0 Å². The normalized spacial score (nSPS) is 25.9. The summed E-state index contributed by atoms with van der Waals surface area (Å²) in [4.78, 5) is 17.3. The predicted octanol–water partition coefficient (Wildman–Crippen LogP) is 2.81. The highest BCUT2D eigenvalue weighted by Crippen LogP contribution is 2.33. The number of piperidine rings is 1. The summed E-state index contributed by atoms with van der Waals surface area (Å²) in [5.74, 6) is 2.42. The van der Waals surface area contributed by atoms with E-state index in [1.54, 1.807) is 17.2 Å². The summed E-state index contributed by atoms with van der Waals surface area (Å²) in [6.45, 7) is 7.64. The molecule has 35 heavy (non-hydrogen) atoms. The number of hydrogen-bond donors (Lipinski definition) is 3. The molecular weight excluding hydrogens is 451 g/mol. The lowest BCUT2D eigenvalue weighted by atomic mass is 9.92. The van der Waals surface area contributed by atoms with Gasteiger partial charge in [-0.2, -0.15) is 10.1 Å². The molecule has 188 valence electrons. The molecule has 10 nitrogen and oxygen atoms in total. The van der Waals surface area contributed by atoms with Crippen molar-refractivity contribution in [1.82, 2.24) is 24.7 Å². The number of alkyl halides is 1. The molecule has 0 aliphatic carbocycles. The smallest absolute Gasteiger partial charge is 0.227 e. The Hall–Kier alpha value is -3.05. The van der Waals surface area contributed by atoms with Gasteiger partial charge in [-0.3, -0.25) is 4.68 Å². The average molecular weight is 485 g/mol. The third-order valence-corrected chi connectivity index (χ3v) is 7.17. The number of pyridine rings is 1. The number of nitrogens with one attached hydrogen (secondary N) is 1. The van der Waals surface area contributed by atoms with Crippen molar-refractivity contribution in [2.45, 2.75) is 64.0 Å². The van der Waals surface area contributed by atoms with Crippen LogP contribution in [0.5, 0.6) is 0 Å². The van der Waals surface area contributed by atoms with E-state index < -0.39 is 11.8 Å². The van der Waals surface area contributed by atoms with Crippen LogP contribution in [0.1, 0.15) is 46.1 Å². The lowest BCUT2D eigenvalue weighted by Gasteiger charge is -2.38. The Kier molecular flexibility index (Phi) is 6.22. The summed E-state index contributed by atoms with van der Waals surface area (Å²) < 4.78 is 16.4. The molecule has 3 aromatic heterocycles. The second-order valence-corrected chi connectivity index (χ2v) is 9.89. The van der Waals surface area contributed by atoms with Gasteiger partial charge in [-0.1, -0.05) is 6.92 Å². The Morgan fingerprint density at radius 2 is 2.06 bits per heavy atom. The number of halogens is 1. The van der Waals surface area contributed by atoms with Crippen molar-refractivity contribution in [3.8, 4) is 0 Å². The second kappa shape index (κ2) is 9.19. The van der Waals surface area contributed by atoms with E-state index in [0.717, 1.165) is 36.1 Å². The van der Waals surface area contributed by atoms with E-state index in [9.17, 15) is 14.6 Å². The van der Waals surface area contributed by atoms with Gasteiger partial charge in [0.05, 0.1) is 29.2 Å². The molecule has 5 heterocycles. The van der Waals surface area contributed by atoms with Gasteiger partial charge in [-0.15, -0.1) is 0 Å². The molecule has 11 heteroatoms. The van der Waals surface area contributed by atoms with Crippen LogP contribution in [-0.2, 0) is 0 Å². The monoisotopic (exact) mass is 484 g/mol. The summed E-state index contributed by atoms with van der Waals surface area (Å²) >= 11 is 0. The quantitative estimate of drug-likeness (QED) is 0.486. The van der Waals surface area contributed by atoms with Crippen LogP contribution in [0.4, 0.5) is 27.8 Å². The molecule has 0 saturated carbocycles. The number of aliphatic hydroxyl groups is 2. The summed E-state index contributed by atoms with van der Waals surface area (Å²) in [7, 11) is 0. The van der Waals surface area contributed by atoms with E-state index in [-0.39, 0.29) is 18.7 Å². The maximum absolute atomic E-state index is 14.4. The van der Waals surface area contributed by atoms with E-state index in [4.69, 9.17) is 5.10 Å². The Morgan fingerprint density at radius 3 is 2.77 bits per heavy atom. The Balaban J connectivity index is 1.41. The van der Waals surface area contributed by atoms with E-state index in [1.165, 1.54) is 6.92 Å². The highest BCUT2D eigenvalue weighted by molar-refractivity contribution is 5.92. The van der Waals surface area contributed by atoms with Crippen LogP contribution in [0.25, 0.3) is 10.9 Å². The minimum absolute atomic E-state index is 0.0444. The number of nitrogens with zero attached hydrogens (tertiary/aromatic N) is 7. The average Bonchev–Trinajstić information content (AvgIpc) is 3.44. The first-order chi connectivity index (χ1) is 16.7. The molecule has 4 atom stereocenters. The lowest BCUT2D eigenvalue weighted by molar-refractivity contribution is -0.0332. The van der Waals surface area contributed by atoms with Gasteiger partial charge in [-0.05, 0) is 39.2 Å². The Bertz CT molecular complexity index is 1200. The molecule has 0 bridgehead atoms. The molecule has 0 radical (unpaired) electrons. The van der Waals surface area contributed by atoms with Crippen molar-refractivity contribution in [2.24, 2.45) is 0 Å². The van der Waals surface area contributed by atoms with Gasteiger partial charge >= 0.3 is 0 Å². The number of fused-ring (bicyclic) bond motifs is 1. The van der Waals surface area contributed by atoms with E-state index in [2.05, 4.69) is 39.0 Å². The first-order valence-electron chi connectivity index (χ1n) is 12.3. The zero-order chi connectivity index (χ0) is 24.7. The van der Waals surface area contributed by atoms with Crippen molar-refractivity contribution in [1.29, 1.82) is 0 Å².